The highest BCUT2D eigenvalue weighted by molar-refractivity contribution is 7.89. The second-order valence-corrected chi connectivity index (χ2v) is 7.51. The van der Waals surface area contributed by atoms with Crippen LogP contribution in [0.4, 0.5) is 0 Å². The zero-order valence-electron chi connectivity index (χ0n) is 14.4. The van der Waals surface area contributed by atoms with Crippen LogP contribution < -0.4 is 10.0 Å². The largest absolute Gasteiger partial charge is 0.352 e. The molecule has 0 saturated heterocycles. The van der Waals surface area contributed by atoms with Crippen LogP contribution in [0.3, 0.4) is 0 Å². The molecule has 0 aliphatic heterocycles. The van der Waals surface area contributed by atoms with Crippen molar-refractivity contribution in [3.8, 4) is 5.69 Å². The van der Waals surface area contributed by atoms with Gasteiger partial charge in [-0.15, -0.1) is 0 Å². The Labute approximate surface area is 157 Å². The summed E-state index contributed by atoms with van der Waals surface area (Å²) >= 11 is 0. The second kappa shape index (κ2) is 8.56. The molecule has 1 aromatic carbocycles. The Hall–Kier alpha value is -3.04. The van der Waals surface area contributed by atoms with Crippen LogP contribution in [-0.4, -0.2) is 35.6 Å². The maximum atomic E-state index is 12.0. The molecule has 0 saturated carbocycles. The zero-order chi connectivity index (χ0) is 19.1. The molecule has 0 spiro atoms. The van der Waals surface area contributed by atoms with E-state index in [1.54, 1.807) is 10.9 Å². The van der Waals surface area contributed by atoms with E-state index in [4.69, 9.17) is 0 Å². The van der Waals surface area contributed by atoms with E-state index >= 15 is 0 Å². The van der Waals surface area contributed by atoms with Crippen molar-refractivity contribution in [2.24, 2.45) is 0 Å². The summed E-state index contributed by atoms with van der Waals surface area (Å²) in [7, 11) is -3.66. The van der Waals surface area contributed by atoms with Gasteiger partial charge in [-0.1, -0.05) is 18.2 Å². The first-order valence-electron chi connectivity index (χ1n) is 8.30. The second-order valence-electron chi connectivity index (χ2n) is 5.74. The molecule has 2 N–H and O–H groups in total. The van der Waals surface area contributed by atoms with Gasteiger partial charge in [0.2, 0.25) is 15.9 Å². The number of carbonyl (C=O) groups excluding carboxylic acids is 1. The predicted molar refractivity (Wildman–Crippen MR) is 99.5 cm³/mol. The van der Waals surface area contributed by atoms with Crippen LogP contribution >= 0.6 is 0 Å². The van der Waals surface area contributed by atoms with Gasteiger partial charge in [0, 0.05) is 43.7 Å². The van der Waals surface area contributed by atoms with Crippen molar-refractivity contribution >= 4 is 15.9 Å². The Morgan fingerprint density at radius 3 is 2.63 bits per heavy atom. The molecule has 1 amide bonds. The fourth-order valence-corrected chi connectivity index (χ4v) is 3.35. The summed E-state index contributed by atoms with van der Waals surface area (Å²) in [6, 6.07) is 12.6. The minimum atomic E-state index is -3.66. The third-order valence-corrected chi connectivity index (χ3v) is 5.18. The Morgan fingerprint density at radius 2 is 1.89 bits per heavy atom. The number of carbonyl (C=O) groups is 1. The lowest BCUT2D eigenvalue weighted by atomic mass is 10.3. The molecule has 0 aliphatic rings. The molecular formula is C18H19N5O3S. The van der Waals surface area contributed by atoms with Gasteiger partial charge in [-0.3, -0.25) is 9.78 Å². The summed E-state index contributed by atoms with van der Waals surface area (Å²) in [5.41, 5.74) is 1.78. The highest BCUT2D eigenvalue weighted by atomic mass is 32.2. The van der Waals surface area contributed by atoms with Crippen LogP contribution in [0.15, 0.2) is 72.1 Å². The quantitative estimate of drug-likeness (QED) is 0.607. The summed E-state index contributed by atoms with van der Waals surface area (Å²) in [4.78, 5) is 15.8. The number of nitrogens with one attached hydrogen (secondary N) is 2. The van der Waals surface area contributed by atoms with Gasteiger partial charge in [0.05, 0.1) is 11.9 Å². The molecule has 0 aliphatic carbocycles. The van der Waals surface area contributed by atoms with Crippen molar-refractivity contribution in [2.45, 2.75) is 17.9 Å². The van der Waals surface area contributed by atoms with Gasteiger partial charge >= 0.3 is 0 Å². The smallest absolute Gasteiger partial charge is 0.242 e. The van der Waals surface area contributed by atoms with E-state index in [9.17, 15) is 13.2 Å². The number of nitrogens with zero attached hydrogens (tertiary/aromatic N) is 3. The minimum Gasteiger partial charge on any atom is -0.352 e. The zero-order valence-corrected chi connectivity index (χ0v) is 15.3. The first-order valence-corrected chi connectivity index (χ1v) is 9.78. The van der Waals surface area contributed by atoms with Crippen LogP contribution in [-0.2, 0) is 21.4 Å². The number of benzene rings is 1. The number of hydrogen-bond donors (Lipinski definition) is 2. The molecule has 0 unspecified atom stereocenters. The van der Waals surface area contributed by atoms with Gasteiger partial charge in [-0.2, -0.15) is 5.10 Å². The number of para-hydroxylation sites is 1. The van der Waals surface area contributed by atoms with Crippen LogP contribution in [0, 0.1) is 0 Å². The van der Waals surface area contributed by atoms with E-state index in [0.717, 1.165) is 11.3 Å². The van der Waals surface area contributed by atoms with Crippen molar-refractivity contribution in [3.63, 3.8) is 0 Å². The predicted octanol–water partition coefficient (Wildman–Crippen LogP) is 1.25. The van der Waals surface area contributed by atoms with Crippen molar-refractivity contribution < 1.29 is 13.2 Å². The number of rotatable bonds is 8. The third-order valence-electron chi connectivity index (χ3n) is 3.74. The molecule has 27 heavy (non-hydrogen) atoms. The SMILES string of the molecule is O=C(CCNS(=O)(=O)c1cccnc1)NCc1cnn(-c2ccccc2)c1. The molecule has 2 heterocycles. The molecule has 0 atom stereocenters. The van der Waals surface area contributed by atoms with Gasteiger partial charge in [-0.25, -0.2) is 17.8 Å². The molecule has 3 rings (SSSR count). The lowest BCUT2D eigenvalue weighted by Crippen LogP contribution is -2.30. The summed E-state index contributed by atoms with van der Waals surface area (Å²) in [6.07, 6.45) is 6.30. The van der Waals surface area contributed by atoms with E-state index in [1.807, 2.05) is 36.5 Å². The van der Waals surface area contributed by atoms with Gasteiger partial charge in [0.1, 0.15) is 4.90 Å². The maximum absolute atomic E-state index is 12.0. The van der Waals surface area contributed by atoms with Crippen LogP contribution in [0.1, 0.15) is 12.0 Å². The summed E-state index contributed by atoms with van der Waals surface area (Å²) in [6.45, 7) is 0.327. The lowest BCUT2D eigenvalue weighted by Gasteiger charge is -2.07. The Kier molecular flexibility index (Phi) is 5.94. The topological polar surface area (TPSA) is 106 Å². The Morgan fingerprint density at radius 1 is 1.07 bits per heavy atom. The first-order chi connectivity index (χ1) is 13.0. The normalized spacial score (nSPS) is 11.3. The molecule has 0 bridgehead atoms. The summed E-state index contributed by atoms with van der Waals surface area (Å²) < 4.78 is 28.2. The van der Waals surface area contributed by atoms with Crippen LogP contribution in [0.25, 0.3) is 5.69 Å². The van der Waals surface area contributed by atoms with Crippen molar-refractivity contribution in [3.05, 3.63) is 72.8 Å². The van der Waals surface area contributed by atoms with E-state index in [2.05, 4.69) is 20.1 Å². The standard InChI is InChI=1S/C18H19N5O3S/c24-18(8-10-22-27(25,26)17-7-4-9-19-13-17)20-11-15-12-21-23(14-15)16-5-2-1-3-6-16/h1-7,9,12-14,22H,8,10-11H2,(H,20,24). The lowest BCUT2D eigenvalue weighted by molar-refractivity contribution is -0.121. The Balaban J connectivity index is 1.45. The van der Waals surface area contributed by atoms with Gasteiger partial charge in [0.25, 0.3) is 0 Å². The molecule has 9 heteroatoms. The van der Waals surface area contributed by atoms with Crippen LogP contribution in [0.5, 0.6) is 0 Å². The number of pyridine rings is 1. The highest BCUT2D eigenvalue weighted by Crippen LogP contribution is 2.08. The van der Waals surface area contributed by atoms with Crippen molar-refractivity contribution in [1.82, 2.24) is 24.8 Å². The number of aromatic nitrogens is 3. The highest BCUT2D eigenvalue weighted by Gasteiger charge is 2.14. The fraction of sp³-hybridized carbons (Fsp3) is 0.167. The first kappa shape index (κ1) is 18.7. The van der Waals surface area contributed by atoms with Gasteiger partial charge in [0.15, 0.2) is 0 Å². The van der Waals surface area contributed by atoms with E-state index in [0.29, 0.717) is 6.54 Å². The van der Waals surface area contributed by atoms with Crippen molar-refractivity contribution in [1.29, 1.82) is 0 Å². The Bertz CT molecular complexity index is 988. The minimum absolute atomic E-state index is 0.00629. The monoisotopic (exact) mass is 385 g/mol. The molecular weight excluding hydrogens is 366 g/mol. The average molecular weight is 385 g/mol. The van der Waals surface area contributed by atoms with Gasteiger partial charge < -0.3 is 5.32 Å². The number of hydrogen-bond acceptors (Lipinski definition) is 5. The van der Waals surface area contributed by atoms with E-state index < -0.39 is 10.0 Å². The summed E-state index contributed by atoms with van der Waals surface area (Å²) in [5.74, 6) is -0.253. The van der Waals surface area contributed by atoms with E-state index in [1.165, 1.54) is 24.5 Å². The molecule has 3 aromatic rings. The third kappa shape index (κ3) is 5.22. The number of amides is 1. The maximum Gasteiger partial charge on any atom is 0.242 e. The molecule has 8 nitrogen and oxygen atoms in total. The molecule has 140 valence electrons. The fourth-order valence-electron chi connectivity index (χ4n) is 2.35. The molecule has 0 radical (unpaired) electrons. The number of sulfonamides is 1. The van der Waals surface area contributed by atoms with Gasteiger partial charge in [-0.05, 0) is 24.3 Å². The van der Waals surface area contributed by atoms with Crippen molar-refractivity contribution in [2.75, 3.05) is 6.54 Å². The summed E-state index contributed by atoms with van der Waals surface area (Å²) in [5, 5.41) is 7.01. The molecule has 2 aromatic heterocycles. The average Bonchev–Trinajstić information content (AvgIpc) is 3.17. The molecule has 0 fully saturated rings. The van der Waals surface area contributed by atoms with Crippen LogP contribution in [0.2, 0.25) is 0 Å². The van der Waals surface area contributed by atoms with E-state index in [-0.39, 0.29) is 23.8 Å².